The van der Waals surface area contributed by atoms with Crippen molar-refractivity contribution in [2.75, 3.05) is 19.7 Å². The standard InChI is InChI=1S/C19H27F8NO7S/c1-4-6-10-28(11-7-5-2)15(30)17(18(23,24)25,35-14(29)13(3)20)34-12-8-9-16(21,22)19(26,27)36(31,32)33/h3-12H2,1-2H3,(H,31,32,33)/p-1. The Morgan fingerprint density at radius 3 is 1.78 bits per heavy atom. The Morgan fingerprint density at radius 2 is 1.42 bits per heavy atom. The lowest BCUT2D eigenvalue weighted by Gasteiger charge is -2.37. The van der Waals surface area contributed by atoms with Crippen LogP contribution in [0.25, 0.3) is 0 Å². The van der Waals surface area contributed by atoms with Crippen LogP contribution in [0.4, 0.5) is 35.1 Å². The second kappa shape index (κ2) is 13.0. The minimum atomic E-state index is -6.85. The Balaban J connectivity index is 6.17. The molecule has 0 aliphatic heterocycles. The largest absolute Gasteiger partial charge is 0.743 e. The van der Waals surface area contributed by atoms with Crippen LogP contribution >= 0.6 is 0 Å². The molecule has 0 aromatic rings. The Morgan fingerprint density at radius 1 is 0.944 bits per heavy atom. The third-order valence-electron chi connectivity index (χ3n) is 4.64. The van der Waals surface area contributed by atoms with E-state index in [1.165, 1.54) is 0 Å². The van der Waals surface area contributed by atoms with Gasteiger partial charge in [0.25, 0.3) is 0 Å². The summed E-state index contributed by atoms with van der Waals surface area (Å²) in [5.74, 6) is -16.6. The topological polar surface area (TPSA) is 113 Å². The number of nitrogens with zero attached hydrogens (tertiary/aromatic N) is 1. The van der Waals surface area contributed by atoms with Crippen molar-refractivity contribution in [3.8, 4) is 0 Å². The maximum absolute atomic E-state index is 14.1. The van der Waals surface area contributed by atoms with E-state index in [0.717, 1.165) is 0 Å². The van der Waals surface area contributed by atoms with Crippen molar-refractivity contribution in [1.82, 2.24) is 4.90 Å². The molecule has 0 spiro atoms. The first-order chi connectivity index (χ1) is 16.2. The van der Waals surface area contributed by atoms with Crippen molar-refractivity contribution in [2.24, 2.45) is 0 Å². The van der Waals surface area contributed by atoms with E-state index in [9.17, 15) is 57.7 Å². The summed E-state index contributed by atoms with van der Waals surface area (Å²) in [6.45, 7) is 3.51. The Kier molecular flexibility index (Phi) is 12.3. The highest BCUT2D eigenvalue weighted by atomic mass is 32.2. The van der Waals surface area contributed by atoms with Crippen molar-refractivity contribution in [1.29, 1.82) is 0 Å². The fourth-order valence-corrected chi connectivity index (χ4v) is 3.11. The molecule has 1 unspecified atom stereocenters. The summed E-state index contributed by atoms with van der Waals surface area (Å²) in [7, 11) is -6.85. The molecule has 17 heteroatoms. The molecule has 1 amide bonds. The fourth-order valence-electron chi connectivity index (χ4n) is 2.64. The zero-order valence-corrected chi connectivity index (χ0v) is 20.1. The molecule has 0 rings (SSSR count). The molecular weight excluding hydrogens is 538 g/mol. The number of carbonyl (C=O) groups is 2. The van der Waals surface area contributed by atoms with Crippen LogP contribution in [-0.2, 0) is 29.2 Å². The van der Waals surface area contributed by atoms with Crippen LogP contribution < -0.4 is 0 Å². The smallest absolute Gasteiger partial charge is 0.466 e. The Labute approximate surface area is 202 Å². The zero-order chi connectivity index (χ0) is 28.6. The van der Waals surface area contributed by atoms with E-state index >= 15 is 0 Å². The normalized spacial score (nSPS) is 14.8. The Bertz CT molecular complexity index is 872. The van der Waals surface area contributed by atoms with Crippen LogP contribution in [0.1, 0.15) is 52.4 Å². The highest BCUT2D eigenvalue weighted by Gasteiger charge is 2.68. The van der Waals surface area contributed by atoms with Gasteiger partial charge >= 0.3 is 35.0 Å². The van der Waals surface area contributed by atoms with Crippen LogP contribution in [0.3, 0.4) is 0 Å². The molecule has 0 N–H and O–H groups in total. The van der Waals surface area contributed by atoms with E-state index in [1.54, 1.807) is 13.8 Å². The first kappa shape index (κ1) is 34.0. The molecule has 0 aliphatic carbocycles. The number of ether oxygens (including phenoxy) is 2. The van der Waals surface area contributed by atoms with E-state index in [-0.39, 0.29) is 25.9 Å². The fraction of sp³-hybridized carbons (Fsp3) is 0.789. The molecule has 1 atom stereocenters. The van der Waals surface area contributed by atoms with E-state index in [1.807, 2.05) is 0 Å². The molecule has 0 bridgehead atoms. The molecule has 0 aromatic carbocycles. The van der Waals surface area contributed by atoms with Gasteiger partial charge in [-0.2, -0.15) is 35.1 Å². The van der Waals surface area contributed by atoms with Gasteiger partial charge in [-0.25, -0.2) is 13.2 Å². The van der Waals surface area contributed by atoms with Gasteiger partial charge in [0.15, 0.2) is 10.1 Å². The predicted molar refractivity (Wildman–Crippen MR) is 106 cm³/mol. The molecule has 0 saturated carbocycles. The van der Waals surface area contributed by atoms with Gasteiger partial charge in [-0.05, 0) is 19.3 Å². The second-order valence-corrected chi connectivity index (χ2v) is 8.96. The van der Waals surface area contributed by atoms with Gasteiger partial charge in [0.1, 0.15) is 0 Å². The van der Waals surface area contributed by atoms with Gasteiger partial charge in [0.2, 0.25) is 5.83 Å². The maximum Gasteiger partial charge on any atom is 0.466 e. The monoisotopic (exact) mass is 564 g/mol. The summed E-state index contributed by atoms with van der Waals surface area (Å²) in [5.41, 5.74) is 0. The molecule has 0 aromatic heterocycles. The number of rotatable bonds is 16. The summed E-state index contributed by atoms with van der Waals surface area (Å²) < 4.78 is 149. The van der Waals surface area contributed by atoms with E-state index in [4.69, 9.17) is 0 Å². The number of unbranched alkanes of at least 4 members (excludes halogenated alkanes) is 2. The number of amides is 1. The lowest BCUT2D eigenvalue weighted by Crippen LogP contribution is -2.62. The number of hydrogen-bond acceptors (Lipinski definition) is 7. The summed E-state index contributed by atoms with van der Waals surface area (Å²) in [4.78, 5) is 25.2. The number of hydrogen-bond donors (Lipinski definition) is 0. The first-order valence-corrected chi connectivity index (χ1v) is 11.9. The lowest BCUT2D eigenvalue weighted by molar-refractivity contribution is -0.351. The quantitative estimate of drug-likeness (QED) is 0.0687. The van der Waals surface area contributed by atoms with Crippen molar-refractivity contribution in [3.63, 3.8) is 0 Å². The molecule has 8 nitrogen and oxygen atoms in total. The van der Waals surface area contributed by atoms with E-state index in [0.29, 0.717) is 17.7 Å². The van der Waals surface area contributed by atoms with Crippen molar-refractivity contribution < 1.29 is 67.2 Å². The van der Waals surface area contributed by atoms with Crippen LogP contribution in [0.5, 0.6) is 0 Å². The number of carbonyl (C=O) groups excluding carboxylic acids is 2. The van der Waals surface area contributed by atoms with Crippen LogP contribution in [0.2, 0.25) is 0 Å². The highest BCUT2D eigenvalue weighted by molar-refractivity contribution is 7.86. The summed E-state index contributed by atoms with van der Waals surface area (Å²) in [5, 5.41) is -6.10. The molecule has 0 radical (unpaired) electrons. The van der Waals surface area contributed by atoms with Gasteiger partial charge in [0, 0.05) is 19.5 Å². The minimum Gasteiger partial charge on any atom is -0.743 e. The van der Waals surface area contributed by atoms with Crippen LogP contribution in [0.15, 0.2) is 12.4 Å². The molecule has 212 valence electrons. The van der Waals surface area contributed by atoms with Gasteiger partial charge in [-0.1, -0.05) is 33.3 Å². The van der Waals surface area contributed by atoms with Crippen molar-refractivity contribution >= 4 is 22.0 Å². The second-order valence-electron chi connectivity index (χ2n) is 7.54. The summed E-state index contributed by atoms with van der Waals surface area (Å²) >= 11 is 0. The van der Waals surface area contributed by atoms with Crippen molar-refractivity contribution in [2.45, 2.75) is 75.5 Å². The van der Waals surface area contributed by atoms with E-state index in [2.05, 4.69) is 16.1 Å². The maximum atomic E-state index is 14.1. The third-order valence-corrected chi connectivity index (χ3v) is 5.57. The van der Waals surface area contributed by atoms with Gasteiger partial charge < -0.3 is 18.9 Å². The van der Waals surface area contributed by atoms with Crippen molar-refractivity contribution in [3.05, 3.63) is 12.4 Å². The van der Waals surface area contributed by atoms with Crippen LogP contribution in [-0.4, -0.2) is 72.6 Å². The zero-order valence-electron chi connectivity index (χ0n) is 19.3. The molecule has 0 aliphatic rings. The average Bonchev–Trinajstić information content (AvgIpc) is 2.73. The number of halogens is 8. The molecule has 0 heterocycles. The molecule has 0 saturated heterocycles. The first-order valence-electron chi connectivity index (χ1n) is 10.5. The minimum absolute atomic E-state index is 0.179. The Hall–Kier alpha value is -2.01. The predicted octanol–water partition coefficient (Wildman–Crippen LogP) is 4.27. The van der Waals surface area contributed by atoms with E-state index < -0.39 is 70.4 Å². The molecule has 36 heavy (non-hydrogen) atoms. The molecule has 0 fully saturated rings. The number of esters is 1. The molecular formula is C19H26F8NO7S-. The van der Waals surface area contributed by atoms with Gasteiger partial charge in [0.05, 0.1) is 6.61 Å². The summed E-state index contributed by atoms with van der Waals surface area (Å²) in [6, 6.07) is 0. The third kappa shape index (κ3) is 8.26. The highest BCUT2D eigenvalue weighted by Crippen LogP contribution is 2.42. The van der Waals surface area contributed by atoms with Crippen LogP contribution in [0, 0.1) is 0 Å². The van der Waals surface area contributed by atoms with Gasteiger partial charge in [-0.15, -0.1) is 0 Å². The SMILES string of the molecule is C=C(F)C(=O)OC(OCCCC(F)(F)C(F)(F)S(=O)(=O)[O-])(C(=O)N(CCCC)CCCC)C(F)(F)F. The lowest BCUT2D eigenvalue weighted by atomic mass is 10.1. The van der Waals surface area contributed by atoms with Gasteiger partial charge in [-0.3, -0.25) is 4.79 Å². The average molecular weight is 564 g/mol. The summed E-state index contributed by atoms with van der Waals surface area (Å²) in [6.07, 6.45) is -8.40. The number of alkyl halides is 7.